The summed E-state index contributed by atoms with van der Waals surface area (Å²) in [7, 11) is 0. The smallest absolute Gasteiger partial charge is 0.305 e. The van der Waals surface area contributed by atoms with Crippen molar-refractivity contribution >= 4 is 23.6 Å². The number of hydrogen-bond acceptors (Lipinski definition) is 7. The van der Waals surface area contributed by atoms with Gasteiger partial charge in [-0.15, -0.1) is 11.8 Å². The molecule has 39 heavy (non-hydrogen) atoms. The van der Waals surface area contributed by atoms with Gasteiger partial charge in [0.2, 0.25) is 18.0 Å². The van der Waals surface area contributed by atoms with Gasteiger partial charge in [0.1, 0.15) is 6.17 Å². The van der Waals surface area contributed by atoms with Crippen molar-refractivity contribution in [3.63, 3.8) is 0 Å². The fourth-order valence-corrected chi connectivity index (χ4v) is 6.47. The Kier molecular flexibility index (Phi) is 6.38. The van der Waals surface area contributed by atoms with E-state index < -0.39 is 47.9 Å². The van der Waals surface area contributed by atoms with Crippen LogP contribution >= 0.6 is 11.8 Å². The lowest BCUT2D eigenvalue weighted by molar-refractivity contribution is -0.147. The number of pyridine rings is 1. The number of amides is 1. The molecule has 2 aromatic carbocycles. The lowest BCUT2D eigenvalue weighted by Gasteiger charge is -2.50. The fourth-order valence-electron chi connectivity index (χ4n) is 5.36. The van der Waals surface area contributed by atoms with Gasteiger partial charge in [-0.2, -0.15) is 0 Å². The summed E-state index contributed by atoms with van der Waals surface area (Å²) in [5.74, 6) is -2.91. The second-order valence-corrected chi connectivity index (χ2v) is 10.3. The van der Waals surface area contributed by atoms with Crippen molar-refractivity contribution in [2.45, 2.75) is 36.2 Å². The van der Waals surface area contributed by atoms with Crippen LogP contribution in [0.15, 0.2) is 70.5 Å². The zero-order valence-corrected chi connectivity index (χ0v) is 21.6. The molecule has 3 aliphatic heterocycles. The topological polar surface area (TPSA) is 81.1 Å². The number of carbonyl (C=O) groups is 2. The van der Waals surface area contributed by atoms with E-state index in [9.17, 15) is 18.8 Å². The Labute approximate surface area is 226 Å². The lowest BCUT2D eigenvalue weighted by Crippen LogP contribution is -2.63. The first-order chi connectivity index (χ1) is 18.9. The molecular weight excluding hydrogens is 528 g/mol. The van der Waals surface area contributed by atoms with Crippen LogP contribution < -0.4 is 15.2 Å². The minimum Gasteiger partial charge on any atom is -0.451 e. The first-order valence-electron chi connectivity index (χ1n) is 12.3. The van der Waals surface area contributed by atoms with E-state index in [1.165, 1.54) is 30.9 Å². The minimum absolute atomic E-state index is 0.0419. The Morgan fingerprint density at radius 3 is 2.72 bits per heavy atom. The molecule has 11 heteroatoms. The molecule has 0 radical (unpaired) electrons. The van der Waals surface area contributed by atoms with Crippen molar-refractivity contribution in [1.29, 1.82) is 0 Å². The van der Waals surface area contributed by atoms with Gasteiger partial charge >= 0.3 is 5.97 Å². The van der Waals surface area contributed by atoms with Crippen LogP contribution in [0.4, 0.5) is 8.78 Å². The van der Waals surface area contributed by atoms with Gasteiger partial charge in [-0.1, -0.05) is 36.4 Å². The summed E-state index contributed by atoms with van der Waals surface area (Å²) in [6.07, 6.45) is 5.29. The number of halogens is 2. The van der Waals surface area contributed by atoms with Gasteiger partial charge in [-0.05, 0) is 23.3 Å². The molecule has 0 spiro atoms. The number of nitrogens with zero attached hydrogens (tertiary/aromatic N) is 3. The van der Waals surface area contributed by atoms with Gasteiger partial charge in [0.25, 0.3) is 5.91 Å². The molecule has 3 aliphatic rings. The first kappa shape index (κ1) is 25.2. The van der Waals surface area contributed by atoms with E-state index >= 15 is 4.39 Å². The van der Waals surface area contributed by atoms with Crippen LogP contribution in [-0.4, -0.2) is 41.0 Å². The van der Waals surface area contributed by atoms with Crippen molar-refractivity contribution in [2.24, 2.45) is 0 Å². The maximum atomic E-state index is 15.2. The number of ether oxygens (including phenoxy) is 2. The zero-order valence-electron chi connectivity index (χ0n) is 20.8. The molecule has 4 heterocycles. The van der Waals surface area contributed by atoms with Crippen molar-refractivity contribution in [3.8, 4) is 5.75 Å². The average Bonchev–Trinajstić information content (AvgIpc) is 3.09. The van der Waals surface area contributed by atoms with Crippen LogP contribution in [0.25, 0.3) is 0 Å². The number of thioether (sulfide) groups is 1. The molecular formula is C28H23F2N3O5S. The largest absolute Gasteiger partial charge is 0.451 e. The van der Waals surface area contributed by atoms with Gasteiger partial charge in [0.05, 0.1) is 6.04 Å². The van der Waals surface area contributed by atoms with E-state index in [0.29, 0.717) is 12.0 Å². The lowest BCUT2D eigenvalue weighted by atomic mass is 9.92. The molecule has 0 unspecified atom stereocenters. The number of aromatic nitrogens is 1. The predicted octanol–water partition coefficient (Wildman–Crippen LogP) is 4.10. The van der Waals surface area contributed by atoms with Gasteiger partial charge < -0.3 is 14.4 Å². The molecule has 6 rings (SSSR count). The number of benzene rings is 2. The molecule has 2 atom stereocenters. The Hall–Kier alpha value is -4.12. The summed E-state index contributed by atoms with van der Waals surface area (Å²) in [6.45, 7) is 0.934. The molecule has 0 saturated carbocycles. The Balaban J connectivity index is 1.61. The summed E-state index contributed by atoms with van der Waals surface area (Å²) in [6, 6.07) is 11.0. The summed E-state index contributed by atoms with van der Waals surface area (Å²) < 4.78 is 41.6. The van der Waals surface area contributed by atoms with Gasteiger partial charge in [0.15, 0.2) is 17.3 Å². The van der Waals surface area contributed by atoms with E-state index in [4.69, 9.17) is 9.47 Å². The Morgan fingerprint density at radius 2 is 1.90 bits per heavy atom. The van der Waals surface area contributed by atoms with Gasteiger partial charge in [-0.3, -0.25) is 24.1 Å². The summed E-state index contributed by atoms with van der Waals surface area (Å²) in [5.41, 5.74) is 1.05. The fraction of sp³-hybridized carbons (Fsp3) is 0.250. The molecule has 0 saturated heterocycles. The second-order valence-electron chi connectivity index (χ2n) is 9.28. The molecule has 8 nitrogen and oxygen atoms in total. The highest BCUT2D eigenvalue weighted by atomic mass is 32.2. The standard InChI is InChI=1S/C28H23F2N3O5S/c1-16(34)37-15-38-27-21(35)11-13-32-26(27)28(36)31-12-5-4-8-23(31)33(32)25-17-9-10-20(29)24(30)19(17)14-39-22-7-3-2-6-18(22)25/h2-7,9-11,13,23,25H,8,12,14-15H2,1H3/t23-,25+/m1/s1. The van der Waals surface area contributed by atoms with Crippen molar-refractivity contribution < 1.29 is 27.8 Å². The van der Waals surface area contributed by atoms with E-state index in [1.807, 2.05) is 41.4 Å². The highest BCUT2D eigenvalue weighted by Gasteiger charge is 2.45. The van der Waals surface area contributed by atoms with Crippen LogP contribution in [0.1, 0.15) is 46.6 Å². The third-order valence-corrected chi connectivity index (χ3v) is 8.19. The quantitative estimate of drug-likeness (QED) is 0.274. The van der Waals surface area contributed by atoms with E-state index in [2.05, 4.69) is 0 Å². The van der Waals surface area contributed by atoms with E-state index in [0.717, 1.165) is 16.5 Å². The molecule has 0 aliphatic carbocycles. The molecule has 1 amide bonds. The normalized spacial score (nSPS) is 19.4. The highest BCUT2D eigenvalue weighted by Crippen LogP contribution is 2.45. The maximum Gasteiger partial charge on any atom is 0.305 e. The van der Waals surface area contributed by atoms with Crippen LogP contribution in [-0.2, 0) is 15.3 Å². The van der Waals surface area contributed by atoms with Gasteiger partial charge in [-0.25, -0.2) is 8.78 Å². The summed E-state index contributed by atoms with van der Waals surface area (Å²) in [4.78, 5) is 40.5. The van der Waals surface area contributed by atoms with Crippen LogP contribution in [0.3, 0.4) is 0 Å². The van der Waals surface area contributed by atoms with Crippen molar-refractivity contribution in [1.82, 2.24) is 9.58 Å². The molecule has 0 fully saturated rings. The average molecular weight is 552 g/mol. The first-order valence-corrected chi connectivity index (χ1v) is 13.3. The predicted molar refractivity (Wildman–Crippen MR) is 139 cm³/mol. The Bertz CT molecular complexity index is 1590. The monoisotopic (exact) mass is 551 g/mol. The molecule has 200 valence electrons. The molecule has 3 aromatic rings. The van der Waals surface area contributed by atoms with E-state index in [1.54, 1.807) is 15.6 Å². The molecule has 0 N–H and O–H groups in total. The number of rotatable bonds is 4. The second kappa shape index (κ2) is 9.88. The highest BCUT2D eigenvalue weighted by molar-refractivity contribution is 7.98. The number of hydrogen-bond donors (Lipinski definition) is 0. The summed E-state index contributed by atoms with van der Waals surface area (Å²) in [5, 5.41) is 1.92. The van der Waals surface area contributed by atoms with E-state index in [-0.39, 0.29) is 29.3 Å². The third-order valence-electron chi connectivity index (χ3n) is 7.07. The number of fused-ring (bicyclic) bond motifs is 4. The van der Waals surface area contributed by atoms with Crippen LogP contribution in [0, 0.1) is 11.6 Å². The maximum absolute atomic E-state index is 15.2. The third kappa shape index (κ3) is 4.17. The SMILES string of the molecule is CC(=O)OCOc1c2n(ccc1=O)N([C@@H]1c3ccccc3SCc3c1ccc(F)c3F)[C@@H]1CC=CCN1C2=O. The number of esters is 1. The number of carbonyl (C=O) groups excluding carboxylic acids is 2. The molecule has 0 bridgehead atoms. The molecule has 1 aromatic heterocycles. The minimum atomic E-state index is -0.930. The van der Waals surface area contributed by atoms with Crippen LogP contribution in [0.2, 0.25) is 0 Å². The zero-order chi connectivity index (χ0) is 27.3. The van der Waals surface area contributed by atoms with Crippen molar-refractivity contribution in [3.05, 3.63) is 105 Å². The van der Waals surface area contributed by atoms with Crippen LogP contribution in [0.5, 0.6) is 5.75 Å². The van der Waals surface area contributed by atoms with Crippen molar-refractivity contribution in [2.75, 3.05) is 18.3 Å². The van der Waals surface area contributed by atoms with Gasteiger partial charge in [0, 0.05) is 48.4 Å². The Morgan fingerprint density at radius 1 is 1.08 bits per heavy atom. The summed E-state index contributed by atoms with van der Waals surface area (Å²) >= 11 is 1.41.